The van der Waals surface area contributed by atoms with Gasteiger partial charge in [0.25, 0.3) is 0 Å². The van der Waals surface area contributed by atoms with Gasteiger partial charge in [-0.25, -0.2) is 4.21 Å². The van der Waals surface area contributed by atoms with E-state index in [1.165, 1.54) is 5.57 Å². The molecule has 3 nitrogen and oxygen atoms in total. The van der Waals surface area contributed by atoms with Crippen molar-refractivity contribution in [2.75, 3.05) is 0 Å². The van der Waals surface area contributed by atoms with Gasteiger partial charge in [-0.15, -0.1) is 0 Å². The minimum Gasteiger partial charge on any atom is -0.305 e. The van der Waals surface area contributed by atoms with Crippen molar-refractivity contribution in [2.45, 2.75) is 51.7 Å². The lowest BCUT2D eigenvalue weighted by molar-refractivity contribution is 0.678. The van der Waals surface area contributed by atoms with Gasteiger partial charge in [-0.1, -0.05) is 61.6 Å². The maximum atomic E-state index is 12.5. The maximum Gasteiger partial charge on any atom is 0.136 e. The Morgan fingerprint density at radius 1 is 1.44 bits per heavy atom. The van der Waals surface area contributed by atoms with E-state index in [1.807, 2.05) is 37.3 Å². The molecule has 0 spiro atoms. The molecule has 4 heteroatoms. The fraction of sp³-hybridized carbons (Fsp3) is 0.348. The van der Waals surface area contributed by atoms with Crippen molar-refractivity contribution in [1.29, 1.82) is 0 Å². The highest BCUT2D eigenvalue weighted by molar-refractivity contribution is 7.84. The lowest BCUT2D eigenvalue weighted by atomic mass is 10.1. The highest BCUT2D eigenvalue weighted by Crippen LogP contribution is 2.13. The molecule has 0 aliphatic heterocycles. The summed E-state index contributed by atoms with van der Waals surface area (Å²) in [6.45, 7) is 10.1. The predicted octanol–water partition coefficient (Wildman–Crippen LogP) is 4.62. The van der Waals surface area contributed by atoms with Gasteiger partial charge in [-0.3, -0.25) is 4.98 Å². The van der Waals surface area contributed by atoms with Gasteiger partial charge >= 0.3 is 0 Å². The van der Waals surface area contributed by atoms with Crippen LogP contribution in [-0.2, 0) is 17.4 Å². The van der Waals surface area contributed by atoms with Crippen molar-refractivity contribution in [2.24, 2.45) is 0 Å². The van der Waals surface area contributed by atoms with Crippen LogP contribution in [-0.4, -0.2) is 14.4 Å². The van der Waals surface area contributed by atoms with E-state index in [4.69, 9.17) is 0 Å². The SMILES string of the molecule is C=C(C=CCc1nc(C)ccc1C)NS(=O)C1C#C/C=C(/CCC)C/C=C\1. The molecule has 0 saturated carbocycles. The number of nitrogens with zero attached hydrogens (tertiary/aromatic N) is 1. The first-order valence-electron chi connectivity index (χ1n) is 9.31. The predicted molar refractivity (Wildman–Crippen MR) is 115 cm³/mol. The van der Waals surface area contributed by atoms with Crippen molar-refractivity contribution in [3.05, 3.63) is 77.3 Å². The molecule has 2 atom stereocenters. The van der Waals surface area contributed by atoms with Crippen LogP contribution in [0, 0.1) is 25.7 Å². The molecule has 0 amide bonds. The Bertz CT molecular complexity index is 853. The van der Waals surface area contributed by atoms with E-state index in [-0.39, 0.29) is 5.25 Å². The van der Waals surface area contributed by atoms with Crippen molar-refractivity contribution in [3.8, 4) is 11.8 Å². The van der Waals surface area contributed by atoms with Crippen molar-refractivity contribution < 1.29 is 4.21 Å². The molecule has 142 valence electrons. The lowest BCUT2D eigenvalue weighted by Crippen LogP contribution is -2.24. The summed E-state index contributed by atoms with van der Waals surface area (Å²) in [5, 5.41) is -0.338. The van der Waals surface area contributed by atoms with Gasteiger partial charge in [-0.05, 0) is 50.5 Å². The van der Waals surface area contributed by atoms with Crippen molar-refractivity contribution in [1.82, 2.24) is 9.71 Å². The van der Waals surface area contributed by atoms with Crippen LogP contribution in [0.3, 0.4) is 0 Å². The number of rotatable bonds is 8. The molecular formula is C23H28N2OS. The molecule has 1 aliphatic rings. The molecule has 1 N–H and O–H groups in total. The highest BCUT2D eigenvalue weighted by atomic mass is 32.2. The monoisotopic (exact) mass is 380 g/mol. The Hall–Kier alpha value is -2.38. The molecular weight excluding hydrogens is 352 g/mol. The second kappa shape index (κ2) is 10.7. The summed E-state index contributed by atoms with van der Waals surface area (Å²) < 4.78 is 15.5. The molecule has 1 aromatic rings. The maximum absolute atomic E-state index is 12.5. The van der Waals surface area contributed by atoms with E-state index in [0.717, 1.165) is 42.6 Å². The zero-order valence-electron chi connectivity index (χ0n) is 16.4. The summed E-state index contributed by atoms with van der Waals surface area (Å²) in [5.41, 5.74) is 5.15. The van der Waals surface area contributed by atoms with Gasteiger partial charge in [0, 0.05) is 23.5 Å². The molecule has 0 aromatic carbocycles. The first-order valence-corrected chi connectivity index (χ1v) is 10.5. The molecule has 1 aliphatic carbocycles. The molecule has 1 heterocycles. The summed E-state index contributed by atoms with van der Waals surface area (Å²) in [4.78, 5) is 4.55. The number of nitrogens with one attached hydrogen (secondary N) is 1. The van der Waals surface area contributed by atoms with Gasteiger partial charge in [0.1, 0.15) is 16.2 Å². The van der Waals surface area contributed by atoms with E-state index in [9.17, 15) is 4.21 Å². The normalized spacial score (nSPS) is 20.6. The number of hydrogen-bond donors (Lipinski definition) is 1. The topological polar surface area (TPSA) is 42.0 Å². The summed E-state index contributed by atoms with van der Waals surface area (Å²) in [6.07, 6.45) is 13.5. The summed E-state index contributed by atoms with van der Waals surface area (Å²) in [6, 6.07) is 4.09. The number of hydrogen-bond acceptors (Lipinski definition) is 2. The Balaban J connectivity index is 1.91. The van der Waals surface area contributed by atoms with Gasteiger partial charge < -0.3 is 4.72 Å². The second-order valence-corrected chi connectivity index (χ2v) is 7.95. The molecule has 27 heavy (non-hydrogen) atoms. The molecule has 2 unspecified atom stereocenters. The number of allylic oxidation sites excluding steroid dienone is 5. The van der Waals surface area contributed by atoms with E-state index in [0.29, 0.717) is 5.70 Å². The largest absolute Gasteiger partial charge is 0.305 e. The molecule has 0 radical (unpaired) electrons. The fourth-order valence-electron chi connectivity index (χ4n) is 2.72. The first kappa shape index (κ1) is 20.9. The molecule has 0 fully saturated rings. The van der Waals surface area contributed by atoms with E-state index >= 15 is 0 Å². The number of aryl methyl sites for hydroxylation is 2. The average Bonchev–Trinajstić information content (AvgIpc) is 2.60. The zero-order chi connectivity index (χ0) is 19.6. The lowest BCUT2D eigenvalue weighted by Gasteiger charge is -2.10. The number of aromatic nitrogens is 1. The quantitative estimate of drug-likeness (QED) is 0.406. The van der Waals surface area contributed by atoms with Gasteiger partial charge in [-0.2, -0.15) is 0 Å². The zero-order valence-corrected chi connectivity index (χ0v) is 17.2. The Morgan fingerprint density at radius 3 is 3.04 bits per heavy atom. The smallest absolute Gasteiger partial charge is 0.136 e. The van der Waals surface area contributed by atoms with Crippen LogP contribution in [0.2, 0.25) is 0 Å². The minimum atomic E-state index is -1.33. The van der Waals surface area contributed by atoms with Crippen LogP contribution in [0.1, 0.15) is 43.1 Å². The summed E-state index contributed by atoms with van der Waals surface area (Å²) in [7, 11) is -1.33. The number of pyridine rings is 1. The molecule has 1 aromatic heterocycles. The second-order valence-electron chi connectivity index (χ2n) is 6.64. The van der Waals surface area contributed by atoms with E-state index in [1.54, 1.807) is 0 Å². The third-order valence-corrected chi connectivity index (χ3v) is 5.40. The third-order valence-electron chi connectivity index (χ3n) is 4.20. The van der Waals surface area contributed by atoms with Crippen LogP contribution >= 0.6 is 0 Å². The van der Waals surface area contributed by atoms with E-state index in [2.05, 4.69) is 54.1 Å². The van der Waals surface area contributed by atoms with Crippen molar-refractivity contribution in [3.63, 3.8) is 0 Å². The Morgan fingerprint density at radius 2 is 2.26 bits per heavy atom. The van der Waals surface area contributed by atoms with Crippen LogP contribution < -0.4 is 4.72 Å². The van der Waals surface area contributed by atoms with E-state index < -0.39 is 11.0 Å². The summed E-state index contributed by atoms with van der Waals surface area (Å²) in [5.74, 6) is 6.11. The van der Waals surface area contributed by atoms with Crippen LogP contribution in [0.4, 0.5) is 0 Å². The van der Waals surface area contributed by atoms with Crippen molar-refractivity contribution >= 4 is 11.0 Å². The van der Waals surface area contributed by atoms with Crippen LogP contribution in [0.25, 0.3) is 0 Å². The molecule has 0 bridgehead atoms. The van der Waals surface area contributed by atoms with Gasteiger partial charge in [0.05, 0.1) is 0 Å². The standard InChI is InChI=1S/C23H28N2OS/c1-5-9-21-11-7-13-22(14-8-12-21)27(26)25-20(4)10-6-15-23-18(2)16-17-19(3)24-23/h6-7,10,12-13,16-17,22,25H,4-5,9,11,15H2,1-3H3/b10-6?,13-7-,21-12-. The van der Waals surface area contributed by atoms with Gasteiger partial charge in [0.15, 0.2) is 0 Å². The fourth-order valence-corrected chi connectivity index (χ4v) is 3.60. The van der Waals surface area contributed by atoms with Crippen LogP contribution in [0.15, 0.2) is 60.4 Å². The Kier molecular flexibility index (Phi) is 8.29. The third kappa shape index (κ3) is 7.03. The summed E-state index contributed by atoms with van der Waals surface area (Å²) >= 11 is 0. The molecule has 2 rings (SSSR count). The van der Waals surface area contributed by atoms with Gasteiger partial charge in [0.2, 0.25) is 0 Å². The molecule has 0 saturated heterocycles. The average molecular weight is 381 g/mol. The minimum absolute atomic E-state index is 0.338. The first-order chi connectivity index (χ1) is 13.0. The highest BCUT2D eigenvalue weighted by Gasteiger charge is 2.11. The Labute approximate surface area is 166 Å². The van der Waals surface area contributed by atoms with Crippen LogP contribution in [0.5, 0.6) is 0 Å².